The number of fused-ring (bicyclic) bond motifs is 1. The third kappa shape index (κ3) is 4.84. The van der Waals surface area contributed by atoms with Crippen LogP contribution in [0.5, 0.6) is 0 Å². The number of ether oxygens (including phenoxy) is 1. The lowest BCUT2D eigenvalue weighted by Gasteiger charge is -2.33. The molecule has 0 aliphatic heterocycles. The van der Waals surface area contributed by atoms with Crippen molar-refractivity contribution in [1.29, 1.82) is 0 Å². The lowest BCUT2D eigenvalue weighted by atomic mass is 9.80. The van der Waals surface area contributed by atoms with E-state index in [1.54, 1.807) is 51.1 Å². The van der Waals surface area contributed by atoms with E-state index >= 15 is 0 Å². The van der Waals surface area contributed by atoms with Crippen LogP contribution in [0.1, 0.15) is 56.3 Å². The number of amides is 2. The molecule has 0 unspecified atom stereocenters. The van der Waals surface area contributed by atoms with Gasteiger partial charge in [0.2, 0.25) is 5.91 Å². The first-order valence-corrected chi connectivity index (χ1v) is 9.58. The van der Waals surface area contributed by atoms with Crippen molar-refractivity contribution in [2.75, 3.05) is 5.32 Å². The number of anilines is 1. The molecule has 0 aromatic heterocycles. The van der Waals surface area contributed by atoms with Crippen LogP contribution in [-0.2, 0) is 9.53 Å². The van der Waals surface area contributed by atoms with Crippen LogP contribution in [0.2, 0.25) is 0 Å². The SMILES string of the molecule is CC(=O)Nc1ccccc1[C@H]1C=Cc2cc(F)c(F)cc2[C@H]1NC(=O)OC(C)(C)C. The van der Waals surface area contributed by atoms with Crippen molar-refractivity contribution in [3.63, 3.8) is 0 Å². The first-order valence-electron chi connectivity index (χ1n) is 9.58. The number of alkyl carbamates (subject to hydrolysis) is 1. The molecule has 0 fully saturated rings. The van der Waals surface area contributed by atoms with E-state index in [2.05, 4.69) is 10.6 Å². The summed E-state index contributed by atoms with van der Waals surface area (Å²) in [6, 6.07) is 8.60. The fourth-order valence-electron chi connectivity index (χ4n) is 3.48. The average Bonchev–Trinajstić information content (AvgIpc) is 2.62. The minimum absolute atomic E-state index is 0.243. The van der Waals surface area contributed by atoms with Gasteiger partial charge in [0.15, 0.2) is 11.6 Å². The molecule has 1 aliphatic carbocycles. The molecule has 2 N–H and O–H groups in total. The van der Waals surface area contributed by atoms with Crippen LogP contribution in [-0.4, -0.2) is 17.6 Å². The van der Waals surface area contributed by atoms with Crippen LogP contribution in [0.15, 0.2) is 42.5 Å². The monoisotopic (exact) mass is 414 g/mol. The maximum Gasteiger partial charge on any atom is 0.408 e. The molecule has 2 aromatic carbocycles. The van der Waals surface area contributed by atoms with Crippen LogP contribution in [0.4, 0.5) is 19.3 Å². The molecule has 0 radical (unpaired) electrons. The van der Waals surface area contributed by atoms with Crippen molar-refractivity contribution in [1.82, 2.24) is 5.32 Å². The zero-order valence-corrected chi connectivity index (χ0v) is 17.3. The smallest absolute Gasteiger partial charge is 0.408 e. The summed E-state index contributed by atoms with van der Waals surface area (Å²) >= 11 is 0. The van der Waals surface area contributed by atoms with Crippen molar-refractivity contribution in [3.05, 3.63) is 70.8 Å². The first-order chi connectivity index (χ1) is 14.0. The Kier molecular flexibility index (Phi) is 5.92. The summed E-state index contributed by atoms with van der Waals surface area (Å²) < 4.78 is 33.2. The van der Waals surface area contributed by atoms with Crippen LogP contribution >= 0.6 is 0 Å². The number of nitrogens with one attached hydrogen (secondary N) is 2. The van der Waals surface area contributed by atoms with Crippen molar-refractivity contribution in [3.8, 4) is 0 Å². The van der Waals surface area contributed by atoms with Crippen molar-refractivity contribution < 1.29 is 23.1 Å². The Bertz CT molecular complexity index is 1010. The minimum atomic E-state index is -1.01. The van der Waals surface area contributed by atoms with Crippen LogP contribution in [0, 0.1) is 11.6 Å². The first kappa shape index (κ1) is 21.5. The second kappa shape index (κ2) is 8.26. The molecule has 158 valence electrons. The normalized spacial score (nSPS) is 17.8. The standard InChI is InChI=1S/C23H24F2N2O3/c1-13(28)26-20-8-6-5-7-15(20)16-10-9-14-11-18(24)19(25)12-17(14)21(16)27-22(29)30-23(2,3)4/h5-12,16,21H,1-4H3,(H,26,28)(H,27,29)/t16-,21+/m1/s1. The van der Waals surface area contributed by atoms with Crippen molar-refractivity contribution in [2.24, 2.45) is 0 Å². The summed E-state index contributed by atoms with van der Waals surface area (Å²) in [6.45, 7) is 6.61. The van der Waals surface area contributed by atoms with Gasteiger partial charge in [-0.05, 0) is 55.7 Å². The highest BCUT2D eigenvalue weighted by atomic mass is 19.2. The Hall–Kier alpha value is -3.22. The van der Waals surface area contributed by atoms with E-state index < -0.39 is 35.3 Å². The zero-order valence-electron chi connectivity index (χ0n) is 17.3. The largest absolute Gasteiger partial charge is 0.444 e. The van der Waals surface area contributed by atoms with Gasteiger partial charge in [0.25, 0.3) is 0 Å². The van der Waals surface area contributed by atoms with Crippen LogP contribution in [0.3, 0.4) is 0 Å². The van der Waals surface area contributed by atoms with Crippen molar-refractivity contribution >= 4 is 23.8 Å². The molecule has 0 saturated heterocycles. The number of benzene rings is 2. The lowest BCUT2D eigenvalue weighted by molar-refractivity contribution is -0.114. The summed E-state index contributed by atoms with van der Waals surface area (Å²) in [5.74, 6) is -2.66. The minimum Gasteiger partial charge on any atom is -0.444 e. The maximum atomic E-state index is 14.1. The molecule has 7 heteroatoms. The van der Waals surface area contributed by atoms with Gasteiger partial charge in [-0.15, -0.1) is 0 Å². The number of halogens is 2. The predicted molar refractivity (Wildman–Crippen MR) is 111 cm³/mol. The van der Waals surface area contributed by atoms with Gasteiger partial charge in [-0.1, -0.05) is 30.4 Å². The molecule has 2 amide bonds. The molecule has 0 bridgehead atoms. The third-order valence-corrected chi connectivity index (χ3v) is 4.61. The third-order valence-electron chi connectivity index (χ3n) is 4.61. The molecular formula is C23H24F2N2O3. The molecule has 0 heterocycles. The molecule has 0 saturated carbocycles. The molecule has 1 aliphatic rings. The number of rotatable bonds is 3. The van der Waals surface area contributed by atoms with Gasteiger partial charge in [-0.3, -0.25) is 4.79 Å². The number of carbonyl (C=O) groups excluding carboxylic acids is 2. The Morgan fingerprint density at radius 1 is 1.03 bits per heavy atom. The maximum absolute atomic E-state index is 14.1. The van der Waals surface area contributed by atoms with Gasteiger partial charge in [0, 0.05) is 18.5 Å². The van der Waals surface area contributed by atoms with E-state index in [1.807, 2.05) is 6.07 Å². The van der Waals surface area contributed by atoms with E-state index in [9.17, 15) is 18.4 Å². The number of para-hydroxylation sites is 1. The van der Waals surface area contributed by atoms with Gasteiger partial charge in [0.05, 0.1) is 6.04 Å². The van der Waals surface area contributed by atoms with Gasteiger partial charge >= 0.3 is 6.09 Å². The second-order valence-corrected chi connectivity index (χ2v) is 8.17. The van der Waals surface area contributed by atoms with Crippen LogP contribution in [0.25, 0.3) is 6.08 Å². The summed E-state index contributed by atoms with van der Waals surface area (Å²) in [5.41, 5.74) is 1.45. The predicted octanol–water partition coefficient (Wildman–Crippen LogP) is 5.30. The number of carbonyl (C=O) groups is 2. The van der Waals surface area contributed by atoms with E-state index in [0.717, 1.165) is 17.7 Å². The van der Waals surface area contributed by atoms with Crippen molar-refractivity contribution in [2.45, 2.75) is 45.3 Å². The Labute approximate surface area is 174 Å². The molecule has 5 nitrogen and oxygen atoms in total. The number of hydrogen-bond donors (Lipinski definition) is 2. The quantitative estimate of drug-likeness (QED) is 0.716. The highest BCUT2D eigenvalue weighted by molar-refractivity contribution is 5.90. The Balaban J connectivity index is 2.07. The highest BCUT2D eigenvalue weighted by Gasteiger charge is 2.33. The van der Waals surface area contributed by atoms with E-state index in [1.165, 1.54) is 6.92 Å². The zero-order chi connectivity index (χ0) is 22.1. The van der Waals surface area contributed by atoms with Crippen LogP contribution < -0.4 is 10.6 Å². The van der Waals surface area contributed by atoms with Gasteiger partial charge in [-0.2, -0.15) is 0 Å². The summed E-state index contributed by atoms with van der Waals surface area (Å²) in [4.78, 5) is 24.2. The molecule has 2 atom stereocenters. The lowest BCUT2D eigenvalue weighted by Crippen LogP contribution is -2.38. The molecule has 2 aromatic rings. The Morgan fingerprint density at radius 3 is 2.37 bits per heavy atom. The average molecular weight is 414 g/mol. The molecule has 3 rings (SSSR count). The second-order valence-electron chi connectivity index (χ2n) is 8.17. The summed E-state index contributed by atoms with van der Waals surface area (Å²) in [7, 11) is 0. The fourth-order valence-corrected chi connectivity index (χ4v) is 3.48. The summed E-state index contributed by atoms with van der Waals surface area (Å²) in [6.07, 6.45) is 2.79. The highest BCUT2D eigenvalue weighted by Crippen LogP contribution is 2.42. The fraction of sp³-hybridized carbons (Fsp3) is 0.304. The van der Waals surface area contributed by atoms with Gasteiger partial charge < -0.3 is 15.4 Å². The Morgan fingerprint density at radius 2 is 1.70 bits per heavy atom. The molecular weight excluding hydrogens is 390 g/mol. The van der Waals surface area contributed by atoms with E-state index in [-0.39, 0.29) is 5.91 Å². The summed E-state index contributed by atoms with van der Waals surface area (Å²) in [5, 5.41) is 5.57. The van der Waals surface area contributed by atoms with Gasteiger partial charge in [-0.25, -0.2) is 13.6 Å². The molecule has 0 spiro atoms. The van der Waals surface area contributed by atoms with Gasteiger partial charge in [0.1, 0.15) is 5.60 Å². The number of hydrogen-bond acceptors (Lipinski definition) is 3. The topological polar surface area (TPSA) is 67.4 Å². The van der Waals surface area contributed by atoms with E-state index in [4.69, 9.17) is 4.74 Å². The molecule has 30 heavy (non-hydrogen) atoms. The van der Waals surface area contributed by atoms with E-state index in [0.29, 0.717) is 16.8 Å².